The van der Waals surface area contributed by atoms with E-state index in [4.69, 9.17) is 11.2 Å². The first-order valence-electron chi connectivity index (χ1n) is 2.98. The van der Waals surface area contributed by atoms with Crippen molar-refractivity contribution in [2.45, 2.75) is 25.1 Å². The van der Waals surface area contributed by atoms with Gasteiger partial charge in [-0.05, 0) is 6.92 Å². The van der Waals surface area contributed by atoms with Crippen LogP contribution in [0.25, 0.3) is 0 Å². The zero-order valence-corrected chi connectivity index (χ0v) is 7.79. The third-order valence-electron chi connectivity index (χ3n) is 1.44. The molecule has 0 aromatic heterocycles. The molecule has 1 rings (SSSR count). The summed E-state index contributed by atoms with van der Waals surface area (Å²) in [4.78, 5) is 0. The van der Waals surface area contributed by atoms with E-state index in [0.717, 1.165) is 0 Å². The van der Waals surface area contributed by atoms with E-state index in [0.29, 0.717) is 0 Å². The highest BCUT2D eigenvalue weighted by Crippen LogP contribution is 2.65. The van der Waals surface area contributed by atoms with Crippen molar-refractivity contribution in [1.29, 1.82) is 0 Å². The van der Waals surface area contributed by atoms with Gasteiger partial charge < -0.3 is 0 Å². The van der Waals surface area contributed by atoms with Crippen LogP contribution in [0.1, 0.15) is 6.92 Å². The van der Waals surface area contributed by atoms with Crippen molar-refractivity contribution in [2.24, 2.45) is 0 Å². The van der Waals surface area contributed by atoms with Crippen LogP contribution < -0.4 is 0 Å². The van der Waals surface area contributed by atoms with Crippen molar-refractivity contribution in [2.75, 3.05) is 0 Å². The van der Waals surface area contributed by atoms with E-state index in [-0.39, 0.29) is 6.92 Å². The van der Waals surface area contributed by atoms with Gasteiger partial charge >= 0.3 is 13.1 Å². The Morgan fingerprint density at radius 2 is 1.92 bits per heavy atom. The van der Waals surface area contributed by atoms with Crippen LogP contribution in [0, 0.1) is 0 Å². The molecule has 1 fully saturated rings. The lowest BCUT2D eigenvalue weighted by Gasteiger charge is -2.37. The van der Waals surface area contributed by atoms with E-state index in [9.17, 15) is 22.1 Å². The molecule has 0 saturated carbocycles. The van der Waals surface area contributed by atoms with Gasteiger partial charge in [-0.1, -0.05) is 0 Å². The molecule has 0 spiro atoms. The van der Waals surface area contributed by atoms with Gasteiger partial charge in [0.15, 0.2) is 0 Å². The van der Waals surface area contributed by atoms with Crippen LogP contribution in [0.2, 0.25) is 0 Å². The molecule has 0 bridgehead atoms. The molecule has 0 aromatic carbocycles. The average molecular weight is 242 g/mol. The lowest BCUT2D eigenvalue weighted by molar-refractivity contribution is -0.319. The van der Waals surface area contributed by atoms with Crippen molar-refractivity contribution in [3.8, 4) is 0 Å². The number of halogens is 5. The monoisotopic (exact) mass is 242 g/mol. The van der Waals surface area contributed by atoms with E-state index in [1.54, 1.807) is 0 Å². The van der Waals surface area contributed by atoms with Crippen LogP contribution in [0.5, 0.6) is 0 Å². The Bertz CT molecular complexity index is 270. The van der Waals surface area contributed by atoms with Gasteiger partial charge in [-0.25, -0.2) is 17.9 Å². The number of rotatable bonds is 0. The fourth-order valence-electron chi connectivity index (χ4n) is 0.589. The summed E-state index contributed by atoms with van der Waals surface area (Å²) in [6.07, 6.45) is -7.68. The normalized spacial score (nSPS) is 50.5. The summed E-state index contributed by atoms with van der Waals surface area (Å²) in [6.45, 7) is -4.52. The summed E-state index contributed by atoms with van der Waals surface area (Å²) in [6, 6.07) is 0. The molecule has 0 N–H and O–H groups in total. The molecule has 0 aromatic rings. The van der Waals surface area contributed by atoms with Gasteiger partial charge in [-0.2, -0.15) is 8.78 Å². The second-order valence-electron chi connectivity index (χ2n) is 2.54. The van der Waals surface area contributed by atoms with Crippen molar-refractivity contribution in [1.82, 2.24) is 0 Å². The highest BCUT2D eigenvalue weighted by molar-refractivity contribution is 7.81. The molecule has 1 aliphatic heterocycles. The maximum absolute atomic E-state index is 12.8. The minimum atomic E-state index is -4.74. The summed E-state index contributed by atoms with van der Waals surface area (Å²) in [5, 5.41) is 0. The lowest BCUT2D eigenvalue weighted by Crippen LogP contribution is -2.53. The van der Waals surface area contributed by atoms with Crippen molar-refractivity contribution in [3.05, 3.63) is 0 Å². The van der Waals surface area contributed by atoms with E-state index < -0.39 is 25.1 Å². The Hall–Kier alpha value is 0.160. The van der Waals surface area contributed by atoms with Crippen LogP contribution in [-0.4, -0.2) is 18.1 Å². The number of alkyl halides is 4. The van der Waals surface area contributed by atoms with Crippen molar-refractivity contribution < 1.29 is 31.2 Å². The molecule has 3 unspecified atom stereocenters. The maximum Gasteiger partial charge on any atom is 0.431 e. The first-order chi connectivity index (χ1) is 5.58. The third kappa shape index (κ3) is 1.83. The van der Waals surface area contributed by atoms with Crippen LogP contribution >= 0.6 is 18.2 Å². The summed E-state index contributed by atoms with van der Waals surface area (Å²) in [7, 11) is 0. The average Bonchev–Trinajstić information content (AvgIpc) is 1.80. The minimum absolute atomic E-state index is 0.216. The molecule has 0 radical (unpaired) electrons. The number of hydrogen-bond acceptors (Lipinski definition) is 3. The summed E-state index contributed by atoms with van der Waals surface area (Å²) >= 11 is 4.70. The highest BCUT2D eigenvalue weighted by Gasteiger charge is 2.67. The van der Waals surface area contributed by atoms with Crippen LogP contribution in [-0.2, 0) is 13.6 Å². The van der Waals surface area contributed by atoms with E-state index >= 15 is 0 Å². The Morgan fingerprint density at radius 1 is 1.46 bits per heavy atom. The standard InChI is InChI=1S/C4H4ClF4O3P/c1-3(7)2(6)11-13(5,10)12-4(3,8)9/h2H,1H3. The van der Waals surface area contributed by atoms with Crippen LogP contribution in [0.4, 0.5) is 17.6 Å². The van der Waals surface area contributed by atoms with Crippen LogP contribution in [0.3, 0.4) is 0 Å². The second-order valence-corrected chi connectivity index (χ2v) is 5.03. The first-order valence-corrected chi connectivity index (χ1v) is 5.43. The SMILES string of the molecule is CC1(F)C(F)OP(=O)(Cl)OC1(F)F. The lowest BCUT2D eigenvalue weighted by atomic mass is 10.1. The molecule has 78 valence electrons. The summed E-state index contributed by atoms with van der Waals surface area (Å²) in [5.74, 6) is 0. The molecule has 1 aliphatic rings. The van der Waals surface area contributed by atoms with Gasteiger partial charge in [-0.3, -0.25) is 4.52 Å². The van der Waals surface area contributed by atoms with Gasteiger partial charge in [0.25, 0.3) is 12.0 Å². The fourth-order valence-corrected chi connectivity index (χ4v) is 1.97. The molecule has 3 nitrogen and oxygen atoms in total. The first kappa shape index (κ1) is 11.2. The highest BCUT2D eigenvalue weighted by atomic mass is 35.7. The molecular formula is C4H4ClF4O3P. The Balaban J connectivity index is 3.03. The smallest absolute Gasteiger partial charge is 0.257 e. The van der Waals surface area contributed by atoms with Gasteiger partial charge in [0, 0.05) is 11.2 Å². The van der Waals surface area contributed by atoms with Gasteiger partial charge in [-0.15, -0.1) is 0 Å². The molecule has 1 heterocycles. The second kappa shape index (κ2) is 2.82. The minimum Gasteiger partial charge on any atom is -0.257 e. The predicted octanol–water partition coefficient (Wildman–Crippen LogP) is 3.00. The topological polar surface area (TPSA) is 35.5 Å². The van der Waals surface area contributed by atoms with Crippen molar-refractivity contribution >= 4 is 18.2 Å². The molecule has 0 amide bonds. The van der Waals surface area contributed by atoms with Gasteiger partial charge in [0.05, 0.1) is 0 Å². The Labute approximate surface area is 75.3 Å². The molecular weight excluding hydrogens is 238 g/mol. The Kier molecular flexibility index (Phi) is 2.44. The van der Waals surface area contributed by atoms with Crippen LogP contribution in [0.15, 0.2) is 0 Å². The third-order valence-corrected chi connectivity index (χ3v) is 2.77. The number of hydrogen-bond donors (Lipinski definition) is 0. The zero-order valence-electron chi connectivity index (χ0n) is 6.14. The quantitative estimate of drug-likeness (QED) is 0.484. The van der Waals surface area contributed by atoms with E-state index in [2.05, 4.69) is 9.05 Å². The maximum atomic E-state index is 12.8. The van der Waals surface area contributed by atoms with E-state index in [1.165, 1.54) is 0 Å². The predicted molar refractivity (Wildman–Crippen MR) is 35.0 cm³/mol. The van der Waals surface area contributed by atoms with E-state index in [1.807, 2.05) is 0 Å². The largest absolute Gasteiger partial charge is 0.431 e. The van der Waals surface area contributed by atoms with Gasteiger partial charge in [0.2, 0.25) is 0 Å². The Morgan fingerprint density at radius 3 is 2.31 bits per heavy atom. The molecule has 0 aliphatic carbocycles. The zero-order chi connectivity index (χ0) is 10.5. The van der Waals surface area contributed by atoms with Crippen molar-refractivity contribution in [3.63, 3.8) is 0 Å². The summed E-state index contributed by atoms with van der Waals surface area (Å²) < 4.78 is 68.0. The molecule has 1 saturated heterocycles. The fraction of sp³-hybridized carbons (Fsp3) is 1.00. The molecule has 9 heteroatoms. The molecule has 13 heavy (non-hydrogen) atoms. The van der Waals surface area contributed by atoms with Gasteiger partial charge in [0.1, 0.15) is 0 Å². The summed E-state index contributed by atoms with van der Waals surface area (Å²) in [5.41, 5.74) is -3.71. The molecule has 3 atom stereocenters.